The highest BCUT2D eigenvalue weighted by molar-refractivity contribution is 5.80. The van der Waals surface area contributed by atoms with Gasteiger partial charge < -0.3 is 10.4 Å². The summed E-state index contributed by atoms with van der Waals surface area (Å²) in [5.41, 5.74) is 0. The molecule has 1 aliphatic heterocycles. The maximum absolute atomic E-state index is 10.9. The molecule has 1 amide bonds. The maximum atomic E-state index is 10.9. The largest absolute Gasteiger partial charge is 0.480 e. The lowest BCUT2D eigenvalue weighted by Crippen LogP contribution is -2.54. The van der Waals surface area contributed by atoms with E-state index in [4.69, 9.17) is 5.11 Å². The molecule has 0 bridgehead atoms. The molecule has 0 spiro atoms. The number of piperazine rings is 1. The maximum Gasteiger partial charge on any atom is 0.317 e. The fourth-order valence-corrected chi connectivity index (χ4v) is 1.17. The number of aliphatic carboxylic acids is 1. The summed E-state index contributed by atoms with van der Waals surface area (Å²) >= 11 is 0. The van der Waals surface area contributed by atoms with Gasteiger partial charge in [-0.05, 0) is 6.92 Å². The highest BCUT2D eigenvalue weighted by atomic mass is 16.4. The van der Waals surface area contributed by atoms with Crippen molar-refractivity contribution in [3.8, 4) is 0 Å². The van der Waals surface area contributed by atoms with Crippen molar-refractivity contribution in [2.75, 3.05) is 19.6 Å². The quantitative estimate of drug-likeness (QED) is 0.554. The number of nitrogens with one attached hydrogen (secondary N) is 1. The summed E-state index contributed by atoms with van der Waals surface area (Å²) in [7, 11) is 0. The van der Waals surface area contributed by atoms with Crippen LogP contribution in [0.3, 0.4) is 0 Å². The van der Waals surface area contributed by atoms with Gasteiger partial charge in [-0.1, -0.05) is 0 Å². The summed E-state index contributed by atoms with van der Waals surface area (Å²) in [6.45, 7) is 2.55. The molecule has 2 N–H and O–H groups in total. The number of carboxylic acid groups (broad SMARTS) is 1. The molecule has 5 heteroatoms. The molecule has 68 valence electrons. The third-order valence-corrected chi connectivity index (χ3v) is 1.90. The van der Waals surface area contributed by atoms with Gasteiger partial charge in [0.1, 0.15) is 0 Å². The van der Waals surface area contributed by atoms with Crippen molar-refractivity contribution in [3.05, 3.63) is 0 Å². The molecule has 0 aromatic rings. The SMILES string of the molecule is CC1CNC(=O)CN1CC(=O)O. The number of carboxylic acids is 1. The van der Waals surface area contributed by atoms with Gasteiger partial charge in [0.15, 0.2) is 0 Å². The molecule has 1 aliphatic rings. The summed E-state index contributed by atoms with van der Waals surface area (Å²) in [5, 5.41) is 11.2. The molecule has 1 heterocycles. The summed E-state index contributed by atoms with van der Waals surface area (Å²) in [4.78, 5) is 22.8. The fraction of sp³-hybridized carbons (Fsp3) is 0.714. The summed E-state index contributed by atoms with van der Waals surface area (Å²) in [6.07, 6.45) is 0. The second-order valence-electron chi connectivity index (χ2n) is 2.95. The van der Waals surface area contributed by atoms with E-state index in [-0.39, 0.29) is 25.0 Å². The fourth-order valence-electron chi connectivity index (χ4n) is 1.17. The molecule has 5 nitrogen and oxygen atoms in total. The molecule has 0 aromatic heterocycles. The van der Waals surface area contributed by atoms with Crippen molar-refractivity contribution in [3.63, 3.8) is 0 Å². The van der Waals surface area contributed by atoms with Crippen LogP contribution >= 0.6 is 0 Å². The Morgan fingerprint density at radius 3 is 3.08 bits per heavy atom. The lowest BCUT2D eigenvalue weighted by Gasteiger charge is -2.31. The van der Waals surface area contributed by atoms with E-state index in [1.54, 1.807) is 4.90 Å². The van der Waals surface area contributed by atoms with Crippen LogP contribution < -0.4 is 5.32 Å². The van der Waals surface area contributed by atoms with Crippen LogP contribution in [0.15, 0.2) is 0 Å². The van der Waals surface area contributed by atoms with E-state index in [0.717, 1.165) is 0 Å². The van der Waals surface area contributed by atoms with Gasteiger partial charge in [-0.2, -0.15) is 0 Å². The minimum Gasteiger partial charge on any atom is -0.480 e. The summed E-state index contributed by atoms with van der Waals surface area (Å²) in [5.74, 6) is -0.995. The van der Waals surface area contributed by atoms with Crippen LogP contribution in [-0.4, -0.2) is 47.6 Å². The Kier molecular flexibility index (Phi) is 2.65. The molecule has 1 fully saturated rings. The number of hydrogen-bond donors (Lipinski definition) is 2. The van der Waals surface area contributed by atoms with Gasteiger partial charge in [-0.15, -0.1) is 0 Å². The highest BCUT2D eigenvalue weighted by Crippen LogP contribution is 2.01. The molecule has 1 saturated heterocycles. The van der Waals surface area contributed by atoms with E-state index in [9.17, 15) is 9.59 Å². The van der Waals surface area contributed by atoms with E-state index in [1.807, 2.05) is 6.92 Å². The van der Waals surface area contributed by atoms with Gasteiger partial charge in [0.2, 0.25) is 5.91 Å². The van der Waals surface area contributed by atoms with E-state index in [1.165, 1.54) is 0 Å². The van der Waals surface area contributed by atoms with E-state index >= 15 is 0 Å². The van der Waals surface area contributed by atoms with E-state index < -0.39 is 5.97 Å². The monoisotopic (exact) mass is 172 g/mol. The second-order valence-corrected chi connectivity index (χ2v) is 2.95. The zero-order chi connectivity index (χ0) is 9.14. The molecule has 1 rings (SSSR count). The minimum absolute atomic E-state index is 0.0609. The Bertz CT molecular complexity index is 203. The lowest BCUT2D eigenvalue weighted by molar-refractivity contribution is -0.140. The van der Waals surface area contributed by atoms with Crippen molar-refractivity contribution in [1.29, 1.82) is 0 Å². The van der Waals surface area contributed by atoms with Crippen molar-refractivity contribution < 1.29 is 14.7 Å². The first-order valence-corrected chi connectivity index (χ1v) is 3.82. The molecule has 12 heavy (non-hydrogen) atoms. The molecule has 0 aromatic carbocycles. The molecule has 0 saturated carbocycles. The lowest BCUT2D eigenvalue weighted by atomic mass is 10.2. The van der Waals surface area contributed by atoms with E-state index in [0.29, 0.717) is 6.54 Å². The van der Waals surface area contributed by atoms with Crippen LogP contribution in [0.2, 0.25) is 0 Å². The first-order chi connectivity index (χ1) is 5.59. The Morgan fingerprint density at radius 1 is 1.83 bits per heavy atom. The number of carbonyl (C=O) groups is 2. The zero-order valence-electron chi connectivity index (χ0n) is 6.91. The number of rotatable bonds is 2. The first-order valence-electron chi connectivity index (χ1n) is 3.82. The third kappa shape index (κ3) is 2.20. The second kappa shape index (κ2) is 3.53. The topological polar surface area (TPSA) is 69.6 Å². The standard InChI is InChI=1S/C7H12N2O3/c1-5-2-8-6(10)3-9(5)4-7(11)12/h5H,2-4H2,1H3,(H,8,10)(H,11,12). The number of nitrogens with zero attached hydrogens (tertiary/aromatic N) is 1. The Morgan fingerprint density at radius 2 is 2.50 bits per heavy atom. The predicted molar refractivity (Wildman–Crippen MR) is 41.7 cm³/mol. The number of amides is 1. The normalized spacial score (nSPS) is 25.1. The number of carbonyl (C=O) groups excluding carboxylic acids is 1. The van der Waals surface area contributed by atoms with Crippen molar-refractivity contribution in [1.82, 2.24) is 10.2 Å². The molecule has 1 atom stereocenters. The average molecular weight is 172 g/mol. The van der Waals surface area contributed by atoms with Crippen LogP contribution in [0.1, 0.15) is 6.92 Å². The Hall–Kier alpha value is -1.10. The highest BCUT2D eigenvalue weighted by Gasteiger charge is 2.24. The Labute approximate surface area is 70.4 Å². The third-order valence-electron chi connectivity index (χ3n) is 1.90. The molecular formula is C7H12N2O3. The van der Waals surface area contributed by atoms with Crippen LogP contribution in [0.5, 0.6) is 0 Å². The number of hydrogen-bond acceptors (Lipinski definition) is 3. The smallest absolute Gasteiger partial charge is 0.317 e. The van der Waals surface area contributed by atoms with Crippen molar-refractivity contribution >= 4 is 11.9 Å². The Balaban J connectivity index is 2.49. The zero-order valence-corrected chi connectivity index (χ0v) is 6.91. The van der Waals surface area contributed by atoms with Gasteiger partial charge in [0.25, 0.3) is 0 Å². The van der Waals surface area contributed by atoms with Crippen LogP contribution in [0.25, 0.3) is 0 Å². The van der Waals surface area contributed by atoms with Crippen LogP contribution in [0.4, 0.5) is 0 Å². The van der Waals surface area contributed by atoms with Gasteiger partial charge in [-0.3, -0.25) is 14.5 Å². The minimum atomic E-state index is -0.892. The van der Waals surface area contributed by atoms with Crippen LogP contribution in [0, 0.1) is 0 Å². The first kappa shape index (κ1) is 8.99. The van der Waals surface area contributed by atoms with E-state index in [2.05, 4.69) is 5.32 Å². The average Bonchev–Trinajstić information content (AvgIpc) is 1.96. The molecule has 0 radical (unpaired) electrons. The molecule has 1 unspecified atom stereocenters. The van der Waals surface area contributed by atoms with Crippen LogP contribution in [-0.2, 0) is 9.59 Å². The van der Waals surface area contributed by atoms with Gasteiger partial charge in [0, 0.05) is 12.6 Å². The summed E-state index contributed by atoms with van der Waals surface area (Å²) < 4.78 is 0. The van der Waals surface area contributed by atoms with Gasteiger partial charge in [0.05, 0.1) is 13.1 Å². The summed E-state index contributed by atoms with van der Waals surface area (Å²) in [6, 6.07) is 0.110. The predicted octanol–water partition coefficient (Wildman–Crippen LogP) is -1.11. The van der Waals surface area contributed by atoms with Crippen molar-refractivity contribution in [2.45, 2.75) is 13.0 Å². The molecule has 0 aliphatic carbocycles. The van der Waals surface area contributed by atoms with Crippen molar-refractivity contribution in [2.24, 2.45) is 0 Å². The molecular weight excluding hydrogens is 160 g/mol. The van der Waals surface area contributed by atoms with Gasteiger partial charge >= 0.3 is 5.97 Å². The van der Waals surface area contributed by atoms with Gasteiger partial charge in [-0.25, -0.2) is 0 Å².